The quantitative estimate of drug-likeness (QED) is 0.811. The number of pyridine rings is 1. The van der Waals surface area contributed by atoms with E-state index in [2.05, 4.69) is 4.98 Å². The molecule has 2 rings (SSSR count). The zero-order valence-electron chi connectivity index (χ0n) is 9.28. The molecule has 0 spiro atoms. The molecule has 0 aliphatic carbocycles. The van der Waals surface area contributed by atoms with Gasteiger partial charge in [-0.3, -0.25) is 4.79 Å². The number of hydrogen-bond donors (Lipinski definition) is 2. The van der Waals surface area contributed by atoms with Gasteiger partial charge in [-0.25, -0.2) is 9.78 Å². The van der Waals surface area contributed by atoms with Gasteiger partial charge in [0.2, 0.25) is 0 Å². The van der Waals surface area contributed by atoms with Crippen molar-refractivity contribution in [2.24, 2.45) is 0 Å². The predicted molar refractivity (Wildman–Crippen MR) is 62.3 cm³/mol. The monoisotopic (exact) mass is 270 g/mol. The fourth-order valence-corrected chi connectivity index (χ4v) is 2.03. The summed E-state index contributed by atoms with van der Waals surface area (Å²) in [4.78, 5) is 28.0. The summed E-state index contributed by atoms with van der Waals surface area (Å²) in [5.41, 5.74) is 0.111. The lowest BCUT2D eigenvalue weighted by Gasteiger charge is -2.20. The van der Waals surface area contributed by atoms with Gasteiger partial charge in [-0.1, -0.05) is 11.6 Å². The molecule has 0 unspecified atom stereocenters. The van der Waals surface area contributed by atoms with Crippen LogP contribution in [0.3, 0.4) is 0 Å². The molecule has 2 N–H and O–H groups in total. The van der Waals surface area contributed by atoms with Crippen molar-refractivity contribution < 1.29 is 19.8 Å². The molecule has 6 nitrogen and oxygen atoms in total. The Morgan fingerprint density at radius 3 is 2.72 bits per heavy atom. The fraction of sp³-hybridized carbons (Fsp3) is 0.364. The van der Waals surface area contributed by atoms with E-state index in [0.717, 1.165) is 4.90 Å². The number of aliphatic hydroxyl groups excluding tert-OH is 1. The second-order valence-corrected chi connectivity index (χ2v) is 4.50. The van der Waals surface area contributed by atoms with E-state index in [1.807, 2.05) is 0 Å². The van der Waals surface area contributed by atoms with E-state index in [4.69, 9.17) is 16.7 Å². The highest BCUT2D eigenvalue weighted by Crippen LogP contribution is 2.20. The van der Waals surface area contributed by atoms with Gasteiger partial charge in [0.15, 0.2) is 0 Å². The van der Waals surface area contributed by atoms with Crippen molar-refractivity contribution in [1.82, 2.24) is 9.88 Å². The summed E-state index contributed by atoms with van der Waals surface area (Å²) in [5, 5.41) is 18.8. The van der Waals surface area contributed by atoms with Gasteiger partial charge in [0, 0.05) is 19.2 Å². The lowest BCUT2D eigenvalue weighted by molar-refractivity contribution is -0.141. The van der Waals surface area contributed by atoms with Crippen molar-refractivity contribution in [2.75, 3.05) is 6.54 Å². The molecule has 18 heavy (non-hydrogen) atoms. The first kappa shape index (κ1) is 12.8. The molecule has 0 radical (unpaired) electrons. The topological polar surface area (TPSA) is 90.7 Å². The van der Waals surface area contributed by atoms with Crippen molar-refractivity contribution in [3.63, 3.8) is 0 Å². The molecule has 0 bridgehead atoms. The molecule has 1 aliphatic heterocycles. The van der Waals surface area contributed by atoms with E-state index < -0.39 is 24.0 Å². The molecule has 0 saturated carbocycles. The van der Waals surface area contributed by atoms with Gasteiger partial charge in [0.05, 0.1) is 11.1 Å². The van der Waals surface area contributed by atoms with Crippen LogP contribution in [0.5, 0.6) is 0 Å². The fourth-order valence-electron chi connectivity index (χ4n) is 1.92. The van der Waals surface area contributed by atoms with Crippen LogP contribution in [0, 0.1) is 0 Å². The zero-order valence-corrected chi connectivity index (χ0v) is 10.0. The summed E-state index contributed by atoms with van der Waals surface area (Å²) >= 11 is 5.66. The maximum absolute atomic E-state index is 12.1. The summed E-state index contributed by atoms with van der Waals surface area (Å²) in [7, 11) is 0. The molecule has 1 amide bonds. The van der Waals surface area contributed by atoms with Crippen molar-refractivity contribution >= 4 is 23.5 Å². The lowest BCUT2D eigenvalue weighted by atomic mass is 10.2. The van der Waals surface area contributed by atoms with E-state index in [1.165, 1.54) is 18.3 Å². The molecular formula is C11H11ClN2O4. The largest absolute Gasteiger partial charge is 0.480 e. The molecular weight excluding hydrogens is 260 g/mol. The number of carbonyl (C=O) groups excluding carboxylic acids is 1. The molecule has 2 heterocycles. The van der Waals surface area contributed by atoms with Gasteiger partial charge in [-0.2, -0.15) is 0 Å². The molecule has 96 valence electrons. The van der Waals surface area contributed by atoms with Crippen LogP contribution in [0.25, 0.3) is 0 Å². The Morgan fingerprint density at radius 1 is 1.44 bits per heavy atom. The third kappa shape index (κ3) is 2.44. The Hall–Kier alpha value is -1.66. The first-order chi connectivity index (χ1) is 8.49. The maximum Gasteiger partial charge on any atom is 0.326 e. The number of carbonyl (C=O) groups is 2. The van der Waals surface area contributed by atoms with Gasteiger partial charge in [-0.15, -0.1) is 0 Å². The second-order valence-electron chi connectivity index (χ2n) is 4.06. The number of β-amino-alcohol motifs (C(OH)–C–C–N with tert-alkyl or cyclic N) is 1. The molecule has 1 aliphatic rings. The average Bonchev–Trinajstić information content (AvgIpc) is 2.71. The minimum Gasteiger partial charge on any atom is -0.480 e. The third-order valence-electron chi connectivity index (χ3n) is 2.77. The van der Waals surface area contributed by atoms with Crippen LogP contribution in [-0.4, -0.2) is 50.7 Å². The van der Waals surface area contributed by atoms with E-state index in [1.54, 1.807) is 0 Å². The van der Waals surface area contributed by atoms with Crippen LogP contribution in [0.4, 0.5) is 0 Å². The number of aliphatic hydroxyl groups is 1. The highest BCUT2D eigenvalue weighted by Gasteiger charge is 2.39. The summed E-state index contributed by atoms with van der Waals surface area (Å²) in [5.74, 6) is -1.65. The Kier molecular flexibility index (Phi) is 3.49. The Balaban J connectivity index is 2.22. The standard InChI is InChI=1S/C11H11ClN2O4/c12-6-1-2-8(13-4-6)10(16)14-5-7(15)3-9(14)11(17)18/h1-2,4,7,9,15H,3,5H2,(H,17,18)/t7-,9-/m0/s1. The van der Waals surface area contributed by atoms with Crippen molar-refractivity contribution in [2.45, 2.75) is 18.6 Å². The molecule has 1 saturated heterocycles. The normalized spacial score (nSPS) is 23.1. The molecule has 1 aromatic rings. The highest BCUT2D eigenvalue weighted by molar-refractivity contribution is 6.30. The number of carboxylic acids is 1. The Bertz CT molecular complexity index is 476. The Morgan fingerprint density at radius 2 is 2.17 bits per heavy atom. The van der Waals surface area contributed by atoms with Crippen LogP contribution < -0.4 is 0 Å². The van der Waals surface area contributed by atoms with E-state index in [0.29, 0.717) is 5.02 Å². The number of rotatable bonds is 2. The molecule has 1 fully saturated rings. The van der Waals surface area contributed by atoms with Crippen molar-refractivity contribution in [3.8, 4) is 0 Å². The number of aliphatic carboxylic acids is 1. The molecule has 0 aromatic carbocycles. The van der Waals surface area contributed by atoms with Crippen molar-refractivity contribution in [1.29, 1.82) is 0 Å². The second kappa shape index (κ2) is 4.91. The van der Waals surface area contributed by atoms with E-state index in [9.17, 15) is 14.7 Å². The number of carboxylic acid groups (broad SMARTS) is 1. The van der Waals surface area contributed by atoms with Gasteiger partial charge in [0.1, 0.15) is 11.7 Å². The number of amides is 1. The van der Waals surface area contributed by atoms with Gasteiger partial charge in [0.25, 0.3) is 5.91 Å². The predicted octanol–water partition coefficient (Wildman–Crippen LogP) is 0.395. The van der Waals surface area contributed by atoms with Crippen LogP contribution in [-0.2, 0) is 4.79 Å². The molecule has 7 heteroatoms. The lowest BCUT2D eigenvalue weighted by Crippen LogP contribution is -2.40. The van der Waals surface area contributed by atoms with Crippen molar-refractivity contribution in [3.05, 3.63) is 29.0 Å². The minimum atomic E-state index is -1.13. The molecule has 2 atom stereocenters. The van der Waals surface area contributed by atoms with Crippen LogP contribution in [0.1, 0.15) is 16.9 Å². The number of aromatic nitrogens is 1. The van der Waals surface area contributed by atoms with Gasteiger partial charge >= 0.3 is 5.97 Å². The maximum atomic E-state index is 12.1. The number of nitrogens with zero attached hydrogens (tertiary/aromatic N) is 2. The number of likely N-dealkylation sites (tertiary alicyclic amines) is 1. The number of halogens is 1. The highest BCUT2D eigenvalue weighted by atomic mass is 35.5. The third-order valence-corrected chi connectivity index (χ3v) is 3.00. The summed E-state index contributed by atoms with van der Waals surface area (Å²) < 4.78 is 0. The smallest absolute Gasteiger partial charge is 0.326 e. The van der Waals surface area contributed by atoms with Crippen LogP contribution >= 0.6 is 11.6 Å². The summed E-state index contributed by atoms with van der Waals surface area (Å²) in [6.45, 7) is 0.000106. The first-order valence-electron chi connectivity index (χ1n) is 5.32. The SMILES string of the molecule is O=C(O)[C@@H]1C[C@H](O)CN1C(=O)c1ccc(Cl)cn1. The molecule has 1 aromatic heterocycles. The summed E-state index contributed by atoms with van der Waals surface area (Å²) in [6.07, 6.45) is 0.536. The number of hydrogen-bond acceptors (Lipinski definition) is 4. The average molecular weight is 271 g/mol. The van der Waals surface area contributed by atoms with Crippen LogP contribution in [0.15, 0.2) is 18.3 Å². The summed E-state index contributed by atoms with van der Waals surface area (Å²) in [6, 6.07) is 1.92. The zero-order chi connectivity index (χ0) is 13.3. The van der Waals surface area contributed by atoms with E-state index >= 15 is 0 Å². The van der Waals surface area contributed by atoms with Crippen LogP contribution in [0.2, 0.25) is 5.02 Å². The minimum absolute atomic E-state index is 0.000106. The van der Waals surface area contributed by atoms with E-state index in [-0.39, 0.29) is 18.7 Å². The Labute approximate surface area is 108 Å². The van der Waals surface area contributed by atoms with Gasteiger partial charge < -0.3 is 15.1 Å². The first-order valence-corrected chi connectivity index (χ1v) is 5.70. The van der Waals surface area contributed by atoms with Gasteiger partial charge in [-0.05, 0) is 12.1 Å².